The van der Waals surface area contributed by atoms with Crippen LogP contribution in [0.2, 0.25) is 6.32 Å². The van der Waals surface area contributed by atoms with E-state index in [-0.39, 0.29) is 0 Å². The Morgan fingerprint density at radius 2 is 2.26 bits per heavy atom. The highest BCUT2D eigenvalue weighted by atomic mass is 16.4. The Hall–Kier alpha value is -1.33. The molecule has 5 heteroatoms. The van der Waals surface area contributed by atoms with Crippen LogP contribution in [0.1, 0.15) is 27.0 Å². The largest absolute Gasteiger partial charge is 0.478 e. The third kappa shape index (κ3) is 2.40. The zero-order valence-corrected chi connectivity index (χ0v) is 11.1. The summed E-state index contributed by atoms with van der Waals surface area (Å²) < 4.78 is 0. The number of nitrogens with zero attached hydrogens (tertiary/aromatic N) is 1. The van der Waals surface area contributed by atoms with Crippen molar-refractivity contribution >= 4 is 13.2 Å². The lowest BCUT2D eigenvalue weighted by Crippen LogP contribution is -2.51. The number of carboxylic acid groups (broad SMARTS) is 1. The van der Waals surface area contributed by atoms with Crippen LogP contribution in [0.3, 0.4) is 0 Å². The number of fused-ring (bicyclic) bond motifs is 1. The highest BCUT2D eigenvalue weighted by molar-refractivity contribution is 6.35. The van der Waals surface area contributed by atoms with Gasteiger partial charge >= 0.3 is 5.97 Å². The molecule has 2 heterocycles. The SMILES string of the molecule is NN1CC(Cc2ccc3c(c2C(=O)O)CBCC3)C1. The van der Waals surface area contributed by atoms with Crippen LogP contribution < -0.4 is 5.84 Å². The van der Waals surface area contributed by atoms with Gasteiger partial charge in [0.25, 0.3) is 0 Å². The Bertz CT molecular complexity index is 512. The van der Waals surface area contributed by atoms with E-state index in [9.17, 15) is 9.90 Å². The molecule has 100 valence electrons. The molecule has 1 aromatic rings. The lowest BCUT2D eigenvalue weighted by molar-refractivity contribution is 0.0691. The molecule has 4 nitrogen and oxygen atoms in total. The van der Waals surface area contributed by atoms with Gasteiger partial charge in [-0.3, -0.25) is 5.84 Å². The average molecular weight is 258 g/mol. The topological polar surface area (TPSA) is 66.6 Å². The Balaban J connectivity index is 1.92. The number of hydrogen-bond acceptors (Lipinski definition) is 3. The number of carboxylic acids is 1. The fourth-order valence-corrected chi connectivity index (χ4v) is 3.36. The fourth-order valence-electron chi connectivity index (χ4n) is 3.36. The van der Waals surface area contributed by atoms with Gasteiger partial charge in [-0.15, -0.1) is 0 Å². The van der Waals surface area contributed by atoms with Gasteiger partial charge in [0.2, 0.25) is 0 Å². The summed E-state index contributed by atoms with van der Waals surface area (Å²) in [5.74, 6) is 5.39. The number of benzene rings is 1. The quantitative estimate of drug-likeness (QED) is 0.617. The first-order valence-electron chi connectivity index (χ1n) is 7.01. The predicted molar refractivity (Wildman–Crippen MR) is 75.7 cm³/mol. The maximum atomic E-state index is 11.6. The van der Waals surface area contributed by atoms with Gasteiger partial charge < -0.3 is 5.11 Å². The number of hydrogen-bond donors (Lipinski definition) is 2. The zero-order valence-electron chi connectivity index (χ0n) is 11.1. The normalized spacial score (nSPS) is 19.4. The summed E-state index contributed by atoms with van der Waals surface area (Å²) in [4.78, 5) is 11.6. The van der Waals surface area contributed by atoms with Crippen molar-refractivity contribution < 1.29 is 9.90 Å². The van der Waals surface area contributed by atoms with Crippen LogP contribution in [0.15, 0.2) is 12.1 Å². The summed E-state index contributed by atoms with van der Waals surface area (Å²) >= 11 is 0. The van der Waals surface area contributed by atoms with Crippen molar-refractivity contribution in [2.45, 2.75) is 25.5 Å². The standard InChI is InChI=1S/C14H19BN2O2/c16-17-7-9(8-17)5-11-2-1-10-3-4-15-6-12(10)13(11)14(18)19/h1-2,9,15H,3-8,16H2,(H,18,19). The van der Waals surface area contributed by atoms with E-state index in [1.54, 1.807) is 5.01 Å². The van der Waals surface area contributed by atoms with E-state index < -0.39 is 5.97 Å². The van der Waals surface area contributed by atoms with E-state index in [4.69, 9.17) is 5.84 Å². The minimum Gasteiger partial charge on any atom is -0.478 e. The van der Waals surface area contributed by atoms with Gasteiger partial charge in [0.1, 0.15) is 7.28 Å². The Kier molecular flexibility index (Phi) is 3.33. The van der Waals surface area contributed by atoms with Crippen LogP contribution in [0.5, 0.6) is 0 Å². The molecule has 3 rings (SSSR count). The molecule has 0 unspecified atom stereocenters. The Morgan fingerprint density at radius 3 is 2.95 bits per heavy atom. The molecular formula is C14H19BN2O2. The summed E-state index contributed by atoms with van der Waals surface area (Å²) in [6.45, 7) is 1.74. The first-order chi connectivity index (χ1) is 9.15. The number of aryl methyl sites for hydroxylation is 1. The molecule has 1 saturated heterocycles. The Labute approximate surface area is 113 Å². The Morgan fingerprint density at radius 1 is 1.47 bits per heavy atom. The molecule has 0 aliphatic carbocycles. The van der Waals surface area contributed by atoms with E-state index in [1.165, 1.54) is 11.9 Å². The minimum absolute atomic E-state index is 0.504. The van der Waals surface area contributed by atoms with Gasteiger partial charge in [-0.25, -0.2) is 9.80 Å². The smallest absolute Gasteiger partial charge is 0.336 e. The third-order valence-corrected chi connectivity index (χ3v) is 4.33. The van der Waals surface area contributed by atoms with Crippen molar-refractivity contribution in [3.05, 3.63) is 34.4 Å². The van der Waals surface area contributed by atoms with Gasteiger partial charge in [-0.2, -0.15) is 0 Å². The van der Waals surface area contributed by atoms with Crippen molar-refractivity contribution in [1.29, 1.82) is 0 Å². The molecule has 1 aromatic carbocycles. The van der Waals surface area contributed by atoms with Crippen LogP contribution in [0.25, 0.3) is 0 Å². The van der Waals surface area contributed by atoms with Crippen LogP contribution in [-0.4, -0.2) is 36.5 Å². The van der Waals surface area contributed by atoms with Gasteiger partial charge in [0, 0.05) is 13.1 Å². The maximum Gasteiger partial charge on any atom is 0.336 e. The van der Waals surface area contributed by atoms with E-state index in [0.29, 0.717) is 11.5 Å². The number of rotatable bonds is 3. The lowest BCUT2D eigenvalue weighted by atomic mass is 9.61. The number of carbonyl (C=O) groups is 1. The molecule has 19 heavy (non-hydrogen) atoms. The summed E-state index contributed by atoms with van der Waals surface area (Å²) in [7, 11) is 1.11. The molecule has 3 N–H and O–H groups in total. The van der Waals surface area contributed by atoms with E-state index in [0.717, 1.165) is 50.7 Å². The average Bonchev–Trinajstić information content (AvgIpc) is 2.36. The molecule has 0 radical (unpaired) electrons. The second kappa shape index (κ2) is 4.98. The minimum atomic E-state index is -0.766. The van der Waals surface area contributed by atoms with Gasteiger partial charge in [0.05, 0.1) is 5.56 Å². The molecule has 1 fully saturated rings. The lowest BCUT2D eigenvalue weighted by Gasteiger charge is -2.36. The monoisotopic (exact) mass is 258 g/mol. The van der Waals surface area contributed by atoms with Crippen LogP contribution in [-0.2, 0) is 19.2 Å². The van der Waals surface area contributed by atoms with Gasteiger partial charge in [0.15, 0.2) is 0 Å². The molecule has 0 aromatic heterocycles. The highest BCUT2D eigenvalue weighted by Crippen LogP contribution is 2.28. The molecule has 2 aliphatic heterocycles. The molecule has 0 bridgehead atoms. The summed E-state index contributed by atoms with van der Waals surface area (Å²) in [5, 5.41) is 11.3. The predicted octanol–water partition coefficient (Wildman–Crippen LogP) is 0.644. The van der Waals surface area contributed by atoms with Crippen molar-refractivity contribution in [3.63, 3.8) is 0 Å². The fraction of sp³-hybridized carbons (Fsp3) is 0.500. The highest BCUT2D eigenvalue weighted by Gasteiger charge is 2.27. The van der Waals surface area contributed by atoms with Crippen LogP contribution in [0.4, 0.5) is 0 Å². The number of nitrogens with two attached hydrogens (primary N) is 1. The number of hydrazine groups is 1. The summed E-state index contributed by atoms with van der Waals surface area (Å²) in [6, 6.07) is 4.15. The van der Waals surface area contributed by atoms with Gasteiger partial charge in [-0.1, -0.05) is 24.8 Å². The van der Waals surface area contributed by atoms with E-state index >= 15 is 0 Å². The molecule has 0 saturated carbocycles. The van der Waals surface area contributed by atoms with Crippen molar-refractivity contribution in [2.75, 3.05) is 13.1 Å². The van der Waals surface area contributed by atoms with Gasteiger partial charge in [-0.05, 0) is 35.4 Å². The third-order valence-electron chi connectivity index (χ3n) is 4.33. The first kappa shape index (κ1) is 12.7. The molecule has 2 aliphatic rings. The summed E-state index contributed by atoms with van der Waals surface area (Å²) in [5.41, 5.74) is 3.89. The first-order valence-corrected chi connectivity index (χ1v) is 7.01. The van der Waals surface area contributed by atoms with Crippen molar-refractivity contribution in [3.8, 4) is 0 Å². The zero-order chi connectivity index (χ0) is 13.4. The van der Waals surface area contributed by atoms with Crippen molar-refractivity contribution in [1.82, 2.24) is 5.01 Å². The van der Waals surface area contributed by atoms with E-state index in [1.807, 2.05) is 6.07 Å². The molecule has 0 amide bonds. The van der Waals surface area contributed by atoms with Crippen LogP contribution in [0, 0.1) is 5.92 Å². The molecule has 0 atom stereocenters. The molecular weight excluding hydrogens is 239 g/mol. The summed E-state index contributed by atoms with van der Waals surface area (Å²) in [6.07, 6.45) is 3.95. The molecule has 0 spiro atoms. The van der Waals surface area contributed by atoms with Crippen LogP contribution >= 0.6 is 0 Å². The van der Waals surface area contributed by atoms with E-state index in [2.05, 4.69) is 6.07 Å². The number of aromatic carboxylic acids is 1. The van der Waals surface area contributed by atoms with Crippen molar-refractivity contribution in [2.24, 2.45) is 11.8 Å². The second-order valence-electron chi connectivity index (χ2n) is 5.77. The maximum absolute atomic E-state index is 11.6. The second-order valence-corrected chi connectivity index (χ2v) is 5.77.